The molecule has 3 saturated heterocycles. The van der Waals surface area contributed by atoms with Crippen LogP contribution in [0.2, 0.25) is 0 Å². The fourth-order valence-corrected chi connectivity index (χ4v) is 9.06. The lowest BCUT2D eigenvalue weighted by molar-refractivity contribution is -0.242. The number of hydrazone groups is 1. The van der Waals surface area contributed by atoms with Crippen LogP contribution in [0.3, 0.4) is 0 Å². The van der Waals surface area contributed by atoms with Crippen LogP contribution in [0.15, 0.2) is 35.5 Å². The Kier molecular flexibility index (Phi) is 10.7. The molecule has 17 heteroatoms. The first-order chi connectivity index (χ1) is 27.5. The number of morpholine rings is 1. The summed E-state index contributed by atoms with van der Waals surface area (Å²) in [6, 6.07) is 4.39. The van der Waals surface area contributed by atoms with Gasteiger partial charge in [0.15, 0.2) is 17.9 Å². The Morgan fingerprint density at radius 2 is 1.77 bits per heavy atom. The van der Waals surface area contributed by atoms with Crippen LogP contribution in [0, 0.1) is 5.92 Å². The van der Waals surface area contributed by atoms with E-state index in [2.05, 4.69) is 15.4 Å². The number of carbonyl (C=O) groups excluding carboxylic acids is 5. The summed E-state index contributed by atoms with van der Waals surface area (Å²) in [6.07, 6.45) is 1.91. The second-order valence-electron chi connectivity index (χ2n) is 15.2. The van der Waals surface area contributed by atoms with Crippen molar-refractivity contribution in [3.8, 4) is 11.5 Å². The van der Waals surface area contributed by atoms with Crippen LogP contribution < -0.4 is 11.2 Å². The molecule has 4 heterocycles. The number of nitrogen functional groups attached to an aromatic ring is 1. The number of unbranched alkanes of at least 4 members (excludes halogenated alkanes) is 2. The highest BCUT2D eigenvalue weighted by atomic mass is 16.7. The smallest absolute Gasteiger partial charge is 0.253 e. The molecule has 0 unspecified atom stereocenters. The standard InChI is InChI=1S/C40H45N5O12/c1-19-40-25(44-12-13-54-18-30(44)57-40)16-31(55-19)56-26-15-20(24(17-46)42-43-27(47)8-3-2-4-11-45-28(48)9-10-29(45)49)14-22-33(26)39(53)35-34(37(22)51)36(50)21-6-5-7-23(41)32(21)38(35)52/h5-7,9-10,19-20,25-26,30-31,40,46,51,53H,2-4,8,11-18,41H2,1H3,(H,43,47)/b42-24+/t19-,20+,25-,26-,30+,31-,40+/m0/s1. The van der Waals surface area contributed by atoms with E-state index in [9.17, 15) is 39.3 Å². The van der Waals surface area contributed by atoms with Gasteiger partial charge >= 0.3 is 0 Å². The molecule has 3 fully saturated rings. The summed E-state index contributed by atoms with van der Waals surface area (Å²) >= 11 is 0. The van der Waals surface area contributed by atoms with Gasteiger partial charge in [-0.2, -0.15) is 5.10 Å². The van der Waals surface area contributed by atoms with Crippen molar-refractivity contribution in [1.29, 1.82) is 0 Å². The van der Waals surface area contributed by atoms with Gasteiger partial charge in [-0.3, -0.25) is 33.8 Å². The van der Waals surface area contributed by atoms with Crippen LogP contribution in [0.1, 0.15) is 94.5 Å². The van der Waals surface area contributed by atoms with E-state index in [1.807, 2.05) is 6.92 Å². The summed E-state index contributed by atoms with van der Waals surface area (Å²) in [4.78, 5) is 67.6. The lowest BCUT2D eigenvalue weighted by Crippen LogP contribution is -2.52. The number of nitrogens with one attached hydrogen (secondary N) is 1. The summed E-state index contributed by atoms with van der Waals surface area (Å²) in [5.41, 5.74) is 8.33. The van der Waals surface area contributed by atoms with E-state index in [0.29, 0.717) is 45.4 Å². The molecule has 6 aliphatic rings. The van der Waals surface area contributed by atoms with E-state index in [-0.39, 0.29) is 107 Å². The van der Waals surface area contributed by atoms with E-state index in [0.717, 1.165) is 4.90 Å². The minimum atomic E-state index is -1.03. The van der Waals surface area contributed by atoms with Gasteiger partial charge in [0.1, 0.15) is 23.8 Å². The van der Waals surface area contributed by atoms with E-state index in [1.165, 1.54) is 30.4 Å². The number of anilines is 1. The molecule has 0 spiro atoms. The Labute approximate surface area is 327 Å². The summed E-state index contributed by atoms with van der Waals surface area (Å²) in [5, 5.41) is 38.7. The zero-order chi connectivity index (χ0) is 40.1. The molecule has 4 aliphatic heterocycles. The molecule has 2 aromatic carbocycles. The summed E-state index contributed by atoms with van der Waals surface area (Å²) in [7, 11) is 0. The fraction of sp³-hybridized carbons (Fsp3) is 0.500. The van der Waals surface area contributed by atoms with E-state index in [1.54, 1.807) is 0 Å². The number of hydrogen-bond acceptors (Lipinski definition) is 15. The van der Waals surface area contributed by atoms with Crippen molar-refractivity contribution in [2.24, 2.45) is 11.0 Å². The minimum absolute atomic E-state index is 0.00277. The predicted octanol–water partition coefficient (Wildman–Crippen LogP) is 1.59. The third kappa shape index (κ3) is 7.01. The summed E-state index contributed by atoms with van der Waals surface area (Å²) in [5.74, 6) is -4.21. The molecular weight excluding hydrogens is 742 g/mol. The Hall–Kier alpha value is -5.04. The topological polar surface area (TPSA) is 240 Å². The average molecular weight is 788 g/mol. The molecule has 2 aliphatic carbocycles. The van der Waals surface area contributed by atoms with Crippen LogP contribution in [-0.4, -0.2) is 124 Å². The van der Waals surface area contributed by atoms with Crippen LogP contribution in [0.4, 0.5) is 5.69 Å². The zero-order valence-electron chi connectivity index (χ0n) is 31.3. The van der Waals surface area contributed by atoms with Gasteiger partial charge in [-0.05, 0) is 38.7 Å². The van der Waals surface area contributed by atoms with Crippen molar-refractivity contribution >= 4 is 40.7 Å². The van der Waals surface area contributed by atoms with Crippen molar-refractivity contribution in [1.82, 2.24) is 15.2 Å². The average Bonchev–Trinajstić information content (AvgIpc) is 3.73. The molecule has 0 aromatic heterocycles. The van der Waals surface area contributed by atoms with Crippen LogP contribution in [0.5, 0.6) is 11.5 Å². The molecule has 8 rings (SSSR count). The third-order valence-electron chi connectivity index (χ3n) is 11.8. The maximum absolute atomic E-state index is 14.0. The van der Waals surface area contributed by atoms with Gasteiger partial charge in [0.25, 0.3) is 11.8 Å². The fourth-order valence-electron chi connectivity index (χ4n) is 9.06. The maximum Gasteiger partial charge on any atom is 0.253 e. The van der Waals surface area contributed by atoms with Crippen LogP contribution >= 0.6 is 0 Å². The van der Waals surface area contributed by atoms with E-state index in [4.69, 9.17) is 24.7 Å². The number of nitrogens with two attached hydrogens (primary N) is 1. The van der Waals surface area contributed by atoms with Gasteiger partial charge in [-0.15, -0.1) is 0 Å². The molecule has 2 aromatic rings. The number of fused-ring (bicyclic) bond motifs is 6. The van der Waals surface area contributed by atoms with Gasteiger partial charge < -0.3 is 40.0 Å². The maximum atomic E-state index is 14.0. The SMILES string of the molecule is C[C@@H]1O[C@@H](O[C@H]2C[C@H](/C(CO)=N/NC(=O)CCCCCN3C(=O)C=CC3=O)Cc3c(O)c4c(c(O)c32)C(=O)c2c(N)cccc2C4=O)C[C@H]2[C@@H]1O[C@@H]1COCCN12. The lowest BCUT2D eigenvalue weighted by atomic mass is 9.73. The zero-order valence-corrected chi connectivity index (χ0v) is 31.3. The van der Waals surface area contributed by atoms with Crippen molar-refractivity contribution in [2.75, 3.05) is 38.6 Å². The van der Waals surface area contributed by atoms with Gasteiger partial charge in [0, 0.05) is 72.4 Å². The monoisotopic (exact) mass is 787 g/mol. The van der Waals surface area contributed by atoms with Gasteiger partial charge in [-0.25, -0.2) is 5.43 Å². The number of ether oxygens (including phenoxy) is 4. The second-order valence-corrected chi connectivity index (χ2v) is 15.2. The number of hydrogen-bond donors (Lipinski definition) is 5. The number of amides is 3. The number of benzene rings is 2. The highest BCUT2D eigenvalue weighted by Crippen LogP contribution is 2.52. The molecule has 3 amide bonds. The number of phenolic OH excluding ortho intramolecular Hbond substituents is 2. The van der Waals surface area contributed by atoms with Gasteiger partial charge in [0.2, 0.25) is 5.91 Å². The summed E-state index contributed by atoms with van der Waals surface area (Å²) < 4.78 is 24.9. The van der Waals surface area contributed by atoms with Crippen molar-refractivity contribution < 1.29 is 58.2 Å². The predicted molar refractivity (Wildman–Crippen MR) is 199 cm³/mol. The number of ketones is 2. The quantitative estimate of drug-likeness (QED) is 0.0463. The molecule has 0 bridgehead atoms. The molecule has 302 valence electrons. The Bertz CT molecular complexity index is 2060. The van der Waals surface area contributed by atoms with E-state index < -0.39 is 53.9 Å². The highest BCUT2D eigenvalue weighted by Gasteiger charge is 2.51. The summed E-state index contributed by atoms with van der Waals surface area (Å²) in [6.45, 7) is 3.23. The number of carbonyl (C=O) groups is 5. The Morgan fingerprint density at radius 1 is 1.00 bits per heavy atom. The Balaban J connectivity index is 1.05. The number of aliphatic hydroxyl groups excluding tert-OH is 1. The normalized spacial score (nSPS) is 28.2. The van der Waals surface area contributed by atoms with Gasteiger partial charge in [0.05, 0.1) is 54.4 Å². The molecule has 7 atom stereocenters. The number of imide groups is 1. The molecular formula is C40H45N5O12. The number of nitrogens with zero attached hydrogens (tertiary/aromatic N) is 3. The van der Waals surface area contributed by atoms with Crippen molar-refractivity contribution in [2.45, 2.75) is 88.7 Å². The van der Waals surface area contributed by atoms with Gasteiger partial charge in [-0.1, -0.05) is 18.6 Å². The van der Waals surface area contributed by atoms with Crippen molar-refractivity contribution in [3.05, 3.63) is 63.7 Å². The first kappa shape index (κ1) is 38.8. The Morgan fingerprint density at radius 3 is 2.54 bits per heavy atom. The second kappa shape index (κ2) is 15.7. The highest BCUT2D eigenvalue weighted by molar-refractivity contribution is 6.32. The molecule has 6 N–H and O–H groups in total. The first-order valence-electron chi connectivity index (χ1n) is 19.3. The molecule has 0 saturated carbocycles. The molecule has 57 heavy (non-hydrogen) atoms. The number of aromatic hydroxyl groups is 2. The third-order valence-corrected chi connectivity index (χ3v) is 11.8. The minimum Gasteiger partial charge on any atom is -0.507 e. The number of rotatable bonds is 11. The van der Waals surface area contributed by atoms with Crippen molar-refractivity contribution in [3.63, 3.8) is 0 Å². The molecule has 0 radical (unpaired) electrons. The largest absolute Gasteiger partial charge is 0.507 e. The van der Waals surface area contributed by atoms with Crippen LogP contribution in [0.25, 0.3) is 0 Å². The lowest BCUT2D eigenvalue weighted by Gasteiger charge is -2.42. The van der Waals surface area contributed by atoms with E-state index >= 15 is 0 Å². The first-order valence-corrected chi connectivity index (χ1v) is 19.3. The van der Waals surface area contributed by atoms with Crippen LogP contribution in [-0.2, 0) is 39.8 Å². The number of phenols is 2. The molecule has 17 nitrogen and oxygen atoms in total. The number of aliphatic hydroxyl groups is 1.